The van der Waals surface area contributed by atoms with Gasteiger partial charge in [0.15, 0.2) is 0 Å². The summed E-state index contributed by atoms with van der Waals surface area (Å²) in [6, 6.07) is -1.14. The highest BCUT2D eigenvalue weighted by atomic mass is 19.1. The van der Waals surface area contributed by atoms with Gasteiger partial charge in [0.2, 0.25) is 0 Å². The maximum absolute atomic E-state index is 11.9. The Kier molecular flexibility index (Phi) is 6.88. The molecule has 0 spiro atoms. The summed E-state index contributed by atoms with van der Waals surface area (Å²) in [7, 11) is 0. The zero-order chi connectivity index (χ0) is 12.6. The lowest BCUT2D eigenvalue weighted by Gasteiger charge is -2.17. The van der Waals surface area contributed by atoms with E-state index in [0.717, 1.165) is 13.1 Å². The van der Waals surface area contributed by atoms with Gasteiger partial charge in [-0.25, -0.2) is 0 Å². The van der Waals surface area contributed by atoms with Crippen LogP contribution in [0.1, 0.15) is 33.6 Å². The molecule has 16 heavy (non-hydrogen) atoms. The molecule has 1 saturated heterocycles. The number of hydrogen-bond donors (Lipinski definition) is 1. The maximum Gasteiger partial charge on any atom is 0.304 e. The molecule has 0 atom stereocenters. The number of nitrogens with one attached hydrogen (secondary N) is 1. The van der Waals surface area contributed by atoms with E-state index < -0.39 is 6.04 Å². The van der Waals surface area contributed by atoms with Crippen LogP contribution in [0.4, 0.5) is 4.39 Å². The zero-order valence-electron chi connectivity index (χ0n) is 10.1. The van der Waals surface area contributed by atoms with Gasteiger partial charge in [-0.05, 0) is 46.7 Å². The minimum Gasteiger partial charge on any atom is -0.462 e. The van der Waals surface area contributed by atoms with E-state index in [4.69, 9.17) is 0 Å². The van der Waals surface area contributed by atoms with Crippen LogP contribution in [0.15, 0.2) is 0 Å². The molecule has 1 aliphatic heterocycles. The van der Waals surface area contributed by atoms with Crippen LogP contribution in [0.5, 0.6) is 0 Å². The summed E-state index contributed by atoms with van der Waals surface area (Å²) < 4.78 is 16.5. The molecule has 0 aromatic carbocycles. The van der Waals surface area contributed by atoms with Crippen molar-refractivity contribution in [2.75, 3.05) is 13.1 Å². The summed E-state index contributed by atoms with van der Waals surface area (Å²) in [5, 5.41) is 3.05. The number of hydrogen-bond acceptors (Lipinski definition) is 4. The van der Waals surface area contributed by atoms with Gasteiger partial charge < -0.3 is 10.1 Å². The van der Waals surface area contributed by atoms with Crippen molar-refractivity contribution in [1.29, 1.82) is 0 Å². The number of halogens is 1. The molecule has 1 rings (SSSR count). The predicted octanol–water partition coefficient (Wildman–Crippen LogP) is 1.44. The summed E-state index contributed by atoms with van der Waals surface area (Å²) in [6.07, 6.45) is 1.32. The van der Waals surface area contributed by atoms with E-state index in [9.17, 15) is 14.0 Å². The van der Waals surface area contributed by atoms with Gasteiger partial charge in [-0.2, -0.15) is 4.39 Å². The fourth-order valence-corrected chi connectivity index (χ4v) is 1.19. The standard InChI is InChI=1S/C6H10FNO.C5H10O2/c7-6(9)5-1-3-8-4-2-5;1-5(2,3)7-4-6/h5,8H,1-4H2;4H,1-3H3. The fourth-order valence-electron chi connectivity index (χ4n) is 1.19. The molecule has 0 radical (unpaired) electrons. The topological polar surface area (TPSA) is 55.4 Å². The van der Waals surface area contributed by atoms with Crippen LogP contribution in [-0.4, -0.2) is 31.2 Å². The smallest absolute Gasteiger partial charge is 0.304 e. The Morgan fingerprint density at radius 2 is 1.88 bits per heavy atom. The molecule has 0 saturated carbocycles. The first-order valence-corrected chi connectivity index (χ1v) is 5.38. The molecule has 1 N–H and O–H groups in total. The van der Waals surface area contributed by atoms with Gasteiger partial charge >= 0.3 is 6.04 Å². The van der Waals surface area contributed by atoms with Crippen LogP contribution in [0.2, 0.25) is 0 Å². The highest BCUT2D eigenvalue weighted by molar-refractivity contribution is 5.71. The molecular weight excluding hydrogens is 213 g/mol. The van der Waals surface area contributed by atoms with Gasteiger partial charge in [-0.1, -0.05) is 0 Å². The van der Waals surface area contributed by atoms with E-state index in [1.165, 1.54) is 0 Å². The van der Waals surface area contributed by atoms with Crippen LogP contribution in [-0.2, 0) is 14.3 Å². The normalized spacial score (nSPS) is 17.0. The molecule has 1 heterocycles. The van der Waals surface area contributed by atoms with E-state index in [-0.39, 0.29) is 11.5 Å². The van der Waals surface area contributed by atoms with Crippen LogP contribution < -0.4 is 5.32 Å². The summed E-state index contributed by atoms with van der Waals surface area (Å²) in [5.74, 6) is -0.314. The van der Waals surface area contributed by atoms with Crippen molar-refractivity contribution in [3.05, 3.63) is 0 Å². The third kappa shape index (κ3) is 8.35. The Labute approximate surface area is 95.5 Å². The number of carbonyl (C=O) groups is 2. The summed E-state index contributed by atoms with van der Waals surface area (Å²) in [4.78, 5) is 19.7. The third-order valence-corrected chi connectivity index (χ3v) is 2.06. The molecule has 1 fully saturated rings. The first kappa shape index (κ1) is 15.0. The molecule has 94 valence electrons. The second kappa shape index (κ2) is 7.33. The fraction of sp³-hybridized carbons (Fsp3) is 0.818. The van der Waals surface area contributed by atoms with Gasteiger partial charge in [0.05, 0.1) is 5.92 Å². The second-order valence-electron chi connectivity index (χ2n) is 4.65. The van der Waals surface area contributed by atoms with E-state index in [0.29, 0.717) is 19.3 Å². The Hall–Kier alpha value is -0.970. The van der Waals surface area contributed by atoms with Crippen molar-refractivity contribution < 1.29 is 18.7 Å². The highest BCUT2D eigenvalue weighted by Gasteiger charge is 2.19. The third-order valence-electron chi connectivity index (χ3n) is 2.06. The number of piperidine rings is 1. The summed E-state index contributed by atoms with van der Waals surface area (Å²) in [6.45, 7) is 7.48. The van der Waals surface area contributed by atoms with Crippen molar-refractivity contribution in [2.45, 2.75) is 39.2 Å². The Morgan fingerprint density at radius 1 is 1.38 bits per heavy atom. The largest absolute Gasteiger partial charge is 0.462 e. The van der Waals surface area contributed by atoms with Crippen molar-refractivity contribution in [3.8, 4) is 0 Å². The average molecular weight is 233 g/mol. The van der Waals surface area contributed by atoms with E-state index in [1.54, 1.807) is 0 Å². The first-order valence-electron chi connectivity index (χ1n) is 5.38. The lowest BCUT2D eigenvalue weighted by atomic mass is 9.99. The lowest BCUT2D eigenvalue weighted by molar-refractivity contribution is -0.138. The molecule has 1 aliphatic rings. The van der Waals surface area contributed by atoms with Gasteiger partial charge in [-0.3, -0.25) is 9.59 Å². The average Bonchev–Trinajstić information content (AvgIpc) is 2.18. The second-order valence-corrected chi connectivity index (χ2v) is 4.65. The Bertz CT molecular complexity index is 220. The molecule has 4 nitrogen and oxygen atoms in total. The van der Waals surface area contributed by atoms with Crippen molar-refractivity contribution in [2.24, 2.45) is 5.92 Å². The molecule has 0 aromatic rings. The predicted molar refractivity (Wildman–Crippen MR) is 58.6 cm³/mol. The first-order chi connectivity index (χ1) is 7.37. The van der Waals surface area contributed by atoms with Crippen molar-refractivity contribution in [3.63, 3.8) is 0 Å². The number of carbonyl (C=O) groups excluding carboxylic acids is 2. The van der Waals surface area contributed by atoms with E-state index in [2.05, 4.69) is 10.1 Å². The molecule has 0 unspecified atom stereocenters. The lowest BCUT2D eigenvalue weighted by Crippen LogP contribution is -2.30. The van der Waals surface area contributed by atoms with Crippen LogP contribution in [0.3, 0.4) is 0 Å². The quantitative estimate of drug-likeness (QED) is 0.579. The van der Waals surface area contributed by atoms with Gasteiger partial charge in [0, 0.05) is 0 Å². The Morgan fingerprint density at radius 3 is 2.06 bits per heavy atom. The van der Waals surface area contributed by atoms with Crippen LogP contribution in [0.25, 0.3) is 0 Å². The maximum atomic E-state index is 11.9. The molecule has 0 aliphatic carbocycles. The molecule has 0 bridgehead atoms. The van der Waals surface area contributed by atoms with Crippen LogP contribution >= 0.6 is 0 Å². The number of rotatable bonds is 2. The zero-order valence-corrected chi connectivity index (χ0v) is 10.1. The van der Waals surface area contributed by atoms with Crippen molar-refractivity contribution >= 4 is 12.5 Å². The van der Waals surface area contributed by atoms with E-state index in [1.807, 2.05) is 20.8 Å². The van der Waals surface area contributed by atoms with Crippen molar-refractivity contribution in [1.82, 2.24) is 5.32 Å². The monoisotopic (exact) mass is 233 g/mol. The summed E-state index contributed by atoms with van der Waals surface area (Å²) >= 11 is 0. The van der Waals surface area contributed by atoms with Crippen LogP contribution in [0, 0.1) is 5.92 Å². The molecule has 0 aromatic heterocycles. The van der Waals surface area contributed by atoms with Gasteiger partial charge in [0.1, 0.15) is 5.60 Å². The minimum absolute atomic E-state index is 0.314. The molecule has 5 heteroatoms. The summed E-state index contributed by atoms with van der Waals surface area (Å²) in [5.41, 5.74) is -0.318. The molecular formula is C11H20FNO3. The van der Waals surface area contributed by atoms with Gasteiger partial charge in [-0.15, -0.1) is 0 Å². The Balaban J connectivity index is 0.000000293. The van der Waals surface area contributed by atoms with E-state index >= 15 is 0 Å². The molecule has 0 amide bonds. The number of ether oxygens (including phenoxy) is 1. The van der Waals surface area contributed by atoms with Gasteiger partial charge in [0.25, 0.3) is 6.47 Å². The SMILES string of the molecule is CC(C)(C)OC=O.O=C(F)C1CCNCC1. The highest BCUT2D eigenvalue weighted by Crippen LogP contribution is 2.12. The minimum atomic E-state index is -1.14.